The predicted octanol–water partition coefficient (Wildman–Crippen LogP) is 1.95. The molecule has 0 radical (unpaired) electrons. The molecule has 3 nitrogen and oxygen atoms in total. The molecule has 0 fully saturated rings. The van der Waals surface area contributed by atoms with E-state index in [1.54, 1.807) is 19.2 Å². The molecule has 0 aliphatic rings. The Morgan fingerprint density at radius 1 is 1.38 bits per heavy atom. The molecule has 0 aliphatic heterocycles. The molecule has 0 amide bonds. The lowest BCUT2D eigenvalue weighted by atomic mass is 10.1. The number of aliphatic hydroxyl groups excluding tert-OH is 1. The van der Waals surface area contributed by atoms with Gasteiger partial charge in [-0.2, -0.15) is 0 Å². The molecule has 1 rings (SSSR count). The second-order valence-electron chi connectivity index (χ2n) is 3.82. The maximum Gasteiger partial charge on any atom is 0.0916 e. The second kappa shape index (κ2) is 6.86. The number of nitrogens with zero attached hydrogens (tertiary/aromatic N) is 1. The van der Waals surface area contributed by atoms with E-state index in [2.05, 4.69) is 0 Å². The Bertz CT molecular complexity index is 302. The van der Waals surface area contributed by atoms with Gasteiger partial charge < -0.3 is 14.7 Å². The van der Waals surface area contributed by atoms with Crippen LogP contribution in [0.25, 0.3) is 0 Å². The van der Waals surface area contributed by atoms with Gasteiger partial charge in [0.2, 0.25) is 0 Å². The lowest BCUT2D eigenvalue weighted by molar-refractivity contribution is 0.103. The van der Waals surface area contributed by atoms with Gasteiger partial charge in [0.15, 0.2) is 0 Å². The third kappa shape index (κ3) is 4.49. The Labute approximate surface area is 102 Å². The fourth-order valence-electron chi connectivity index (χ4n) is 1.42. The summed E-state index contributed by atoms with van der Waals surface area (Å²) in [5.41, 5.74) is 0.883. The molecule has 1 N–H and O–H groups in total. The summed E-state index contributed by atoms with van der Waals surface area (Å²) in [6, 6.07) is 7.26. The van der Waals surface area contributed by atoms with Crippen molar-refractivity contribution in [1.29, 1.82) is 0 Å². The number of hydrogen-bond donors (Lipinski definition) is 1. The van der Waals surface area contributed by atoms with E-state index in [1.807, 2.05) is 24.1 Å². The first kappa shape index (κ1) is 13.5. The van der Waals surface area contributed by atoms with Crippen LogP contribution in [0.3, 0.4) is 0 Å². The predicted molar refractivity (Wildman–Crippen MR) is 65.8 cm³/mol. The first-order valence-electron chi connectivity index (χ1n) is 5.24. The Morgan fingerprint density at radius 3 is 2.56 bits per heavy atom. The van der Waals surface area contributed by atoms with Crippen LogP contribution in [0.4, 0.5) is 0 Å². The van der Waals surface area contributed by atoms with Gasteiger partial charge in [-0.25, -0.2) is 0 Å². The van der Waals surface area contributed by atoms with Crippen molar-refractivity contribution < 1.29 is 9.84 Å². The number of rotatable bonds is 6. The van der Waals surface area contributed by atoms with Crippen molar-refractivity contribution in [2.24, 2.45) is 0 Å². The van der Waals surface area contributed by atoms with Crippen LogP contribution in [0.2, 0.25) is 5.02 Å². The summed E-state index contributed by atoms with van der Waals surface area (Å²) < 4.78 is 4.97. The minimum atomic E-state index is -0.487. The van der Waals surface area contributed by atoms with Crippen molar-refractivity contribution in [2.75, 3.05) is 33.9 Å². The van der Waals surface area contributed by atoms with E-state index in [9.17, 15) is 5.11 Å². The van der Waals surface area contributed by atoms with E-state index in [0.29, 0.717) is 18.2 Å². The number of methoxy groups -OCH3 is 1. The summed E-state index contributed by atoms with van der Waals surface area (Å²) in [5, 5.41) is 10.6. The van der Waals surface area contributed by atoms with Crippen LogP contribution in [-0.2, 0) is 4.74 Å². The average molecular weight is 244 g/mol. The summed E-state index contributed by atoms with van der Waals surface area (Å²) in [4.78, 5) is 2.03. The maximum absolute atomic E-state index is 9.96. The molecule has 0 saturated heterocycles. The molecule has 0 heterocycles. The maximum atomic E-state index is 9.96. The van der Waals surface area contributed by atoms with E-state index in [0.717, 1.165) is 12.1 Å². The van der Waals surface area contributed by atoms with Gasteiger partial charge >= 0.3 is 0 Å². The molecule has 1 aromatic rings. The molecule has 4 heteroatoms. The highest BCUT2D eigenvalue weighted by molar-refractivity contribution is 6.30. The van der Waals surface area contributed by atoms with Crippen LogP contribution in [0.5, 0.6) is 0 Å². The zero-order valence-corrected chi connectivity index (χ0v) is 10.4. The molecular weight excluding hydrogens is 226 g/mol. The van der Waals surface area contributed by atoms with Gasteiger partial charge in [-0.15, -0.1) is 0 Å². The van der Waals surface area contributed by atoms with E-state index in [-0.39, 0.29) is 0 Å². The lowest BCUT2D eigenvalue weighted by Gasteiger charge is -2.20. The highest BCUT2D eigenvalue weighted by Crippen LogP contribution is 2.16. The molecule has 1 aromatic carbocycles. The molecule has 0 aromatic heterocycles. The third-order valence-electron chi connectivity index (χ3n) is 2.42. The number of ether oxygens (including phenoxy) is 1. The first-order valence-corrected chi connectivity index (χ1v) is 5.62. The van der Waals surface area contributed by atoms with Crippen LogP contribution in [0.1, 0.15) is 11.7 Å². The number of aliphatic hydroxyl groups is 1. The standard InChI is InChI=1S/C12H18ClNO2/c1-14(7-8-16-2)9-12(15)10-3-5-11(13)6-4-10/h3-6,12,15H,7-9H2,1-2H3/t12-/m0/s1. The third-order valence-corrected chi connectivity index (χ3v) is 2.67. The molecule has 0 spiro atoms. The summed E-state index contributed by atoms with van der Waals surface area (Å²) in [7, 11) is 3.63. The number of benzene rings is 1. The summed E-state index contributed by atoms with van der Waals surface area (Å²) >= 11 is 5.78. The number of halogens is 1. The molecule has 0 bridgehead atoms. The smallest absolute Gasteiger partial charge is 0.0916 e. The molecule has 90 valence electrons. The highest BCUT2D eigenvalue weighted by Gasteiger charge is 2.10. The van der Waals surface area contributed by atoms with Crippen molar-refractivity contribution in [3.8, 4) is 0 Å². The normalized spacial score (nSPS) is 13.1. The number of likely N-dealkylation sites (N-methyl/N-ethyl adjacent to an activating group) is 1. The Kier molecular flexibility index (Phi) is 5.77. The summed E-state index contributed by atoms with van der Waals surface area (Å²) in [5.74, 6) is 0. The summed E-state index contributed by atoms with van der Waals surface area (Å²) in [6.45, 7) is 2.07. The van der Waals surface area contributed by atoms with E-state index in [4.69, 9.17) is 16.3 Å². The van der Waals surface area contributed by atoms with Gasteiger partial charge in [0.1, 0.15) is 0 Å². The quantitative estimate of drug-likeness (QED) is 0.829. The molecule has 1 atom stereocenters. The van der Waals surface area contributed by atoms with E-state index < -0.39 is 6.10 Å². The zero-order chi connectivity index (χ0) is 12.0. The molecule has 0 unspecified atom stereocenters. The van der Waals surface area contributed by atoms with Gasteiger partial charge in [-0.1, -0.05) is 23.7 Å². The number of hydrogen-bond acceptors (Lipinski definition) is 3. The monoisotopic (exact) mass is 243 g/mol. The fraction of sp³-hybridized carbons (Fsp3) is 0.500. The molecule has 0 aliphatic carbocycles. The van der Waals surface area contributed by atoms with Gasteiger partial charge in [0, 0.05) is 25.2 Å². The lowest BCUT2D eigenvalue weighted by Crippen LogP contribution is -2.27. The minimum absolute atomic E-state index is 0.487. The van der Waals surface area contributed by atoms with Gasteiger partial charge in [0.05, 0.1) is 12.7 Å². The topological polar surface area (TPSA) is 32.7 Å². The van der Waals surface area contributed by atoms with Gasteiger partial charge in [-0.3, -0.25) is 0 Å². The van der Waals surface area contributed by atoms with Crippen molar-refractivity contribution in [3.63, 3.8) is 0 Å². The van der Waals surface area contributed by atoms with Crippen molar-refractivity contribution in [1.82, 2.24) is 4.90 Å². The van der Waals surface area contributed by atoms with E-state index >= 15 is 0 Å². The first-order chi connectivity index (χ1) is 7.63. The largest absolute Gasteiger partial charge is 0.387 e. The Balaban J connectivity index is 2.45. The molecular formula is C12H18ClNO2. The molecule has 16 heavy (non-hydrogen) atoms. The second-order valence-corrected chi connectivity index (χ2v) is 4.26. The average Bonchev–Trinajstić information content (AvgIpc) is 2.27. The van der Waals surface area contributed by atoms with Gasteiger partial charge in [-0.05, 0) is 24.7 Å². The highest BCUT2D eigenvalue weighted by atomic mass is 35.5. The van der Waals surface area contributed by atoms with Crippen LogP contribution >= 0.6 is 11.6 Å². The molecule has 0 saturated carbocycles. The van der Waals surface area contributed by atoms with Gasteiger partial charge in [0.25, 0.3) is 0 Å². The van der Waals surface area contributed by atoms with Crippen molar-refractivity contribution in [2.45, 2.75) is 6.10 Å². The van der Waals surface area contributed by atoms with Crippen molar-refractivity contribution >= 4 is 11.6 Å². The van der Waals surface area contributed by atoms with Crippen LogP contribution < -0.4 is 0 Å². The minimum Gasteiger partial charge on any atom is -0.387 e. The van der Waals surface area contributed by atoms with Crippen molar-refractivity contribution in [3.05, 3.63) is 34.9 Å². The van der Waals surface area contributed by atoms with E-state index in [1.165, 1.54) is 0 Å². The Morgan fingerprint density at radius 2 is 2.00 bits per heavy atom. The zero-order valence-electron chi connectivity index (χ0n) is 9.69. The Hall–Kier alpha value is -0.610. The summed E-state index contributed by atoms with van der Waals surface area (Å²) in [6.07, 6.45) is -0.487. The van der Waals surface area contributed by atoms with Crippen LogP contribution in [-0.4, -0.2) is 43.9 Å². The fourth-order valence-corrected chi connectivity index (χ4v) is 1.55. The SMILES string of the molecule is COCCN(C)C[C@H](O)c1ccc(Cl)cc1. The van der Waals surface area contributed by atoms with Crippen LogP contribution in [0.15, 0.2) is 24.3 Å². The van der Waals surface area contributed by atoms with Crippen LogP contribution in [0, 0.1) is 0 Å².